The maximum absolute atomic E-state index is 13.6. The van der Waals surface area contributed by atoms with E-state index >= 15 is 0 Å². The van der Waals surface area contributed by atoms with E-state index in [1.54, 1.807) is 6.92 Å². The van der Waals surface area contributed by atoms with Crippen molar-refractivity contribution >= 4 is 15.7 Å². The molecule has 0 N–H and O–H groups in total. The average molecular weight is 290 g/mol. The molecule has 0 atom stereocenters. The van der Waals surface area contributed by atoms with Crippen molar-refractivity contribution in [3.05, 3.63) is 33.1 Å². The Morgan fingerprint density at radius 3 is 2.37 bits per heavy atom. The van der Waals surface area contributed by atoms with Gasteiger partial charge in [0.2, 0.25) is 15.8 Å². The van der Waals surface area contributed by atoms with E-state index in [0.29, 0.717) is 0 Å². The van der Waals surface area contributed by atoms with Crippen LogP contribution >= 0.6 is 0 Å². The Labute approximate surface area is 111 Å². The van der Waals surface area contributed by atoms with Gasteiger partial charge in [0.05, 0.1) is 15.4 Å². The van der Waals surface area contributed by atoms with E-state index in [1.165, 1.54) is 20.9 Å². The summed E-state index contributed by atoms with van der Waals surface area (Å²) in [6, 6.07) is 0.877. The van der Waals surface area contributed by atoms with Crippen LogP contribution in [0.4, 0.5) is 10.1 Å². The molecular formula is C11H15FN2O4S. The average Bonchev–Trinajstić information content (AvgIpc) is 2.25. The largest absolute Gasteiger partial charge is 0.309 e. The summed E-state index contributed by atoms with van der Waals surface area (Å²) in [5.41, 5.74) is -0.822. The third kappa shape index (κ3) is 2.59. The lowest BCUT2D eigenvalue weighted by atomic mass is 10.1. The van der Waals surface area contributed by atoms with Gasteiger partial charge in [-0.05, 0) is 25.5 Å². The molecule has 0 aliphatic carbocycles. The lowest BCUT2D eigenvalue weighted by Crippen LogP contribution is -2.28. The molecule has 106 valence electrons. The Hall–Kier alpha value is -1.54. The van der Waals surface area contributed by atoms with Crippen LogP contribution in [0.3, 0.4) is 0 Å². The Kier molecular flexibility index (Phi) is 4.26. The van der Waals surface area contributed by atoms with Crippen molar-refractivity contribution in [3.63, 3.8) is 0 Å². The number of sulfonamides is 1. The van der Waals surface area contributed by atoms with E-state index in [-0.39, 0.29) is 22.6 Å². The van der Waals surface area contributed by atoms with Crippen LogP contribution < -0.4 is 0 Å². The monoisotopic (exact) mass is 290 g/mol. The normalized spacial score (nSPS) is 11.9. The van der Waals surface area contributed by atoms with Crippen molar-refractivity contribution in [3.8, 4) is 0 Å². The predicted molar refractivity (Wildman–Crippen MR) is 68.0 cm³/mol. The van der Waals surface area contributed by atoms with Crippen molar-refractivity contribution in [2.24, 2.45) is 0 Å². The third-order valence-electron chi connectivity index (χ3n) is 2.92. The molecule has 0 saturated carbocycles. The summed E-state index contributed by atoms with van der Waals surface area (Å²) in [5.74, 6) is -1.03. The number of hydrogen-bond acceptors (Lipinski definition) is 4. The maximum Gasteiger partial charge on any atom is 0.309 e. The highest BCUT2D eigenvalue weighted by atomic mass is 32.2. The number of halogens is 1. The molecule has 8 heteroatoms. The van der Waals surface area contributed by atoms with Crippen LogP contribution in [0.2, 0.25) is 0 Å². The molecule has 1 rings (SSSR count). The number of benzene rings is 1. The van der Waals surface area contributed by atoms with Crippen molar-refractivity contribution < 1.29 is 17.7 Å². The van der Waals surface area contributed by atoms with Gasteiger partial charge in [0.25, 0.3) is 0 Å². The first-order chi connectivity index (χ1) is 8.64. The second kappa shape index (κ2) is 5.22. The molecule has 0 spiro atoms. The lowest BCUT2D eigenvalue weighted by Gasteiger charge is -2.18. The van der Waals surface area contributed by atoms with E-state index in [0.717, 1.165) is 10.4 Å². The number of nitrogens with zero attached hydrogens (tertiary/aromatic N) is 2. The number of nitro groups is 1. The van der Waals surface area contributed by atoms with Gasteiger partial charge in [-0.15, -0.1) is 0 Å². The van der Waals surface area contributed by atoms with Crippen molar-refractivity contribution in [1.29, 1.82) is 0 Å². The number of hydrogen-bond donors (Lipinski definition) is 0. The Bertz CT molecular complexity index is 628. The van der Waals surface area contributed by atoms with Crippen LogP contribution in [-0.2, 0) is 10.0 Å². The fraction of sp³-hybridized carbons (Fsp3) is 0.455. The molecule has 0 amide bonds. The molecule has 1 aromatic carbocycles. The number of aryl methyl sites for hydroxylation is 1. The summed E-state index contributed by atoms with van der Waals surface area (Å²) >= 11 is 0. The minimum Gasteiger partial charge on any atom is -0.258 e. The molecule has 0 radical (unpaired) electrons. The Morgan fingerprint density at radius 2 is 1.95 bits per heavy atom. The van der Waals surface area contributed by atoms with E-state index < -0.39 is 26.5 Å². The highest BCUT2D eigenvalue weighted by molar-refractivity contribution is 7.89. The molecular weight excluding hydrogens is 275 g/mol. The van der Waals surface area contributed by atoms with Gasteiger partial charge in [-0.2, -0.15) is 4.39 Å². The zero-order valence-corrected chi connectivity index (χ0v) is 11.9. The quantitative estimate of drug-likeness (QED) is 0.627. The van der Waals surface area contributed by atoms with Gasteiger partial charge >= 0.3 is 5.69 Å². The number of nitro benzene ring substituents is 1. The van der Waals surface area contributed by atoms with E-state index in [2.05, 4.69) is 0 Å². The molecule has 6 nitrogen and oxygen atoms in total. The van der Waals surface area contributed by atoms with Gasteiger partial charge in [0.1, 0.15) is 0 Å². The maximum atomic E-state index is 13.6. The first kappa shape index (κ1) is 15.5. The van der Waals surface area contributed by atoms with E-state index in [1.807, 2.05) is 0 Å². The van der Waals surface area contributed by atoms with E-state index in [4.69, 9.17) is 0 Å². The molecule has 0 bridgehead atoms. The van der Waals surface area contributed by atoms with Crippen molar-refractivity contribution in [1.82, 2.24) is 4.31 Å². The summed E-state index contributed by atoms with van der Waals surface area (Å²) in [6.07, 6.45) is 0. The Balaban J connectivity index is 3.72. The minimum absolute atomic E-state index is 0.154. The Morgan fingerprint density at radius 1 is 1.42 bits per heavy atom. The molecule has 0 unspecified atom stereocenters. The summed E-state index contributed by atoms with van der Waals surface area (Å²) in [6.45, 7) is 4.51. The van der Waals surface area contributed by atoms with Crippen molar-refractivity contribution in [2.75, 3.05) is 13.6 Å². The zero-order chi connectivity index (χ0) is 15.0. The topological polar surface area (TPSA) is 80.5 Å². The smallest absolute Gasteiger partial charge is 0.258 e. The van der Waals surface area contributed by atoms with Gasteiger partial charge in [-0.1, -0.05) is 6.92 Å². The molecule has 19 heavy (non-hydrogen) atoms. The van der Waals surface area contributed by atoms with Crippen molar-refractivity contribution in [2.45, 2.75) is 25.7 Å². The molecule has 0 aliphatic rings. The molecule has 0 aromatic heterocycles. The SMILES string of the molecule is CCN(C)S(=O)(=O)c1c(C)cc(F)c([N+](=O)[O-])c1C. The molecule has 1 aromatic rings. The highest BCUT2D eigenvalue weighted by Crippen LogP contribution is 2.32. The van der Waals surface area contributed by atoms with Crippen LogP contribution in [0.25, 0.3) is 0 Å². The van der Waals surface area contributed by atoms with Crippen LogP contribution in [0.15, 0.2) is 11.0 Å². The summed E-state index contributed by atoms with van der Waals surface area (Å²) in [5, 5.41) is 10.8. The van der Waals surface area contributed by atoms with Crippen LogP contribution in [0.5, 0.6) is 0 Å². The summed E-state index contributed by atoms with van der Waals surface area (Å²) < 4.78 is 39.2. The van der Waals surface area contributed by atoms with Crippen LogP contribution in [0, 0.1) is 29.8 Å². The lowest BCUT2D eigenvalue weighted by molar-refractivity contribution is -0.388. The summed E-state index contributed by atoms with van der Waals surface area (Å²) in [7, 11) is -2.50. The summed E-state index contributed by atoms with van der Waals surface area (Å²) in [4.78, 5) is 9.72. The standard InChI is InChI=1S/C11H15FN2O4S/c1-5-13(4)19(17,18)11-7(2)6-9(12)10(8(11)3)14(15)16/h6H,5H2,1-4H3. The van der Waals surface area contributed by atoms with Gasteiger partial charge in [-0.25, -0.2) is 12.7 Å². The first-order valence-electron chi connectivity index (χ1n) is 5.55. The fourth-order valence-corrected chi connectivity index (χ4v) is 3.45. The first-order valence-corrected chi connectivity index (χ1v) is 6.99. The molecule has 0 saturated heterocycles. The molecule has 0 aliphatic heterocycles. The van der Waals surface area contributed by atoms with Crippen LogP contribution in [-0.4, -0.2) is 31.2 Å². The van der Waals surface area contributed by atoms with Gasteiger partial charge in [0.15, 0.2) is 0 Å². The highest BCUT2D eigenvalue weighted by Gasteiger charge is 2.31. The van der Waals surface area contributed by atoms with Gasteiger partial charge < -0.3 is 0 Å². The minimum atomic E-state index is -3.86. The predicted octanol–water partition coefficient (Wildman–Crippen LogP) is 1.99. The van der Waals surface area contributed by atoms with Gasteiger partial charge in [-0.3, -0.25) is 10.1 Å². The van der Waals surface area contributed by atoms with Gasteiger partial charge in [0, 0.05) is 13.6 Å². The van der Waals surface area contributed by atoms with E-state index in [9.17, 15) is 22.9 Å². The third-order valence-corrected chi connectivity index (χ3v) is 5.14. The number of rotatable bonds is 4. The van der Waals surface area contributed by atoms with Crippen LogP contribution in [0.1, 0.15) is 18.1 Å². The second-order valence-electron chi connectivity index (χ2n) is 4.15. The molecule has 0 fully saturated rings. The zero-order valence-electron chi connectivity index (χ0n) is 11.1. The second-order valence-corrected chi connectivity index (χ2v) is 6.14. The molecule has 0 heterocycles. The fourth-order valence-electron chi connectivity index (χ4n) is 1.85.